The second-order valence-electron chi connectivity index (χ2n) is 8.43. The summed E-state index contributed by atoms with van der Waals surface area (Å²) in [6, 6.07) is 12.4. The van der Waals surface area contributed by atoms with Crippen LogP contribution in [0.3, 0.4) is 0 Å². The van der Waals surface area contributed by atoms with Crippen molar-refractivity contribution in [2.75, 3.05) is 4.90 Å². The molecule has 0 saturated heterocycles. The van der Waals surface area contributed by atoms with Crippen molar-refractivity contribution in [2.45, 2.75) is 39.0 Å². The molecule has 6 heteroatoms. The average Bonchev–Trinajstić information content (AvgIpc) is 2.59. The molecule has 150 valence electrons. The van der Waals surface area contributed by atoms with E-state index in [1.54, 1.807) is 29.2 Å². The van der Waals surface area contributed by atoms with Gasteiger partial charge < -0.3 is 0 Å². The normalized spacial score (nSPS) is 21.4. The Hall–Kier alpha value is -1.81. The molecule has 0 radical (unpaired) electrons. The van der Waals surface area contributed by atoms with Gasteiger partial charge in [-0.2, -0.15) is 0 Å². The minimum atomic E-state index is -0.374. The van der Waals surface area contributed by atoms with E-state index < -0.39 is 0 Å². The summed E-state index contributed by atoms with van der Waals surface area (Å²) in [6.45, 7) is 4.10. The van der Waals surface area contributed by atoms with Gasteiger partial charge in [0, 0.05) is 45.1 Å². The smallest absolute Gasteiger partial charge is 0.232 e. The van der Waals surface area contributed by atoms with Crippen LogP contribution in [-0.4, -0.2) is 11.7 Å². The molecule has 0 N–H and O–H groups in total. The molecular weight excluding hydrogens is 429 g/mol. The van der Waals surface area contributed by atoms with Crippen molar-refractivity contribution in [1.29, 1.82) is 0 Å². The third-order valence-corrected chi connectivity index (χ3v) is 6.34. The Morgan fingerprint density at radius 2 is 1.69 bits per heavy atom. The largest absolute Gasteiger partial charge is 0.294 e. The first-order chi connectivity index (χ1) is 13.7. The summed E-state index contributed by atoms with van der Waals surface area (Å²) in [7, 11) is 0. The maximum absolute atomic E-state index is 13.3. The molecule has 0 spiro atoms. The number of carbonyl (C=O) groups excluding carboxylic acids is 2. The van der Waals surface area contributed by atoms with Gasteiger partial charge in [-0.25, -0.2) is 0 Å². The van der Waals surface area contributed by atoms with Crippen molar-refractivity contribution in [3.05, 3.63) is 74.4 Å². The van der Waals surface area contributed by atoms with Crippen LogP contribution in [-0.2, 0) is 9.59 Å². The topological polar surface area (TPSA) is 37.4 Å². The SMILES string of the molecule is CC1(C)CC(=O)C2=C(C1)N(c1cccc(Cl)c1)C(=O)CC2c1ccc(Cl)cc1Cl. The van der Waals surface area contributed by atoms with Gasteiger partial charge in [0.2, 0.25) is 5.91 Å². The van der Waals surface area contributed by atoms with E-state index >= 15 is 0 Å². The first kappa shape index (κ1) is 20.5. The number of benzene rings is 2. The van der Waals surface area contributed by atoms with Crippen molar-refractivity contribution in [3.8, 4) is 0 Å². The van der Waals surface area contributed by atoms with E-state index in [9.17, 15) is 9.59 Å². The van der Waals surface area contributed by atoms with Gasteiger partial charge >= 0.3 is 0 Å². The Kier molecular flexibility index (Phi) is 5.27. The molecule has 1 amide bonds. The molecule has 1 aliphatic heterocycles. The van der Waals surface area contributed by atoms with Crippen LogP contribution < -0.4 is 4.90 Å². The number of halogens is 3. The van der Waals surface area contributed by atoms with E-state index in [0.717, 1.165) is 11.3 Å². The number of ketones is 1. The number of hydrogen-bond donors (Lipinski definition) is 0. The molecule has 3 nitrogen and oxygen atoms in total. The van der Waals surface area contributed by atoms with Crippen LogP contribution in [0, 0.1) is 5.41 Å². The van der Waals surface area contributed by atoms with E-state index in [1.807, 2.05) is 32.0 Å². The molecule has 1 heterocycles. The summed E-state index contributed by atoms with van der Waals surface area (Å²) in [6.07, 6.45) is 1.22. The van der Waals surface area contributed by atoms with Crippen molar-refractivity contribution < 1.29 is 9.59 Å². The van der Waals surface area contributed by atoms with Crippen molar-refractivity contribution >= 4 is 52.2 Å². The predicted molar refractivity (Wildman–Crippen MR) is 118 cm³/mol. The van der Waals surface area contributed by atoms with Gasteiger partial charge in [0.25, 0.3) is 0 Å². The fourth-order valence-electron chi connectivity index (χ4n) is 4.38. The van der Waals surface area contributed by atoms with Gasteiger partial charge in [-0.05, 0) is 47.7 Å². The van der Waals surface area contributed by atoms with Crippen molar-refractivity contribution in [3.63, 3.8) is 0 Å². The zero-order valence-electron chi connectivity index (χ0n) is 16.1. The van der Waals surface area contributed by atoms with Crippen molar-refractivity contribution in [1.82, 2.24) is 0 Å². The Bertz CT molecular complexity index is 1060. The van der Waals surface area contributed by atoms with Crippen LogP contribution in [0.4, 0.5) is 5.69 Å². The minimum Gasteiger partial charge on any atom is -0.294 e. The molecule has 2 aromatic rings. The van der Waals surface area contributed by atoms with Crippen LogP contribution in [0.25, 0.3) is 0 Å². The third kappa shape index (κ3) is 3.84. The lowest BCUT2D eigenvalue weighted by Crippen LogP contribution is -2.43. The molecule has 29 heavy (non-hydrogen) atoms. The zero-order valence-corrected chi connectivity index (χ0v) is 18.4. The Morgan fingerprint density at radius 1 is 0.966 bits per heavy atom. The number of Topliss-reactive ketones (excluding diaryl/α,β-unsaturated/α-hetero) is 1. The second kappa shape index (κ2) is 7.46. The molecule has 1 atom stereocenters. The number of amides is 1. The summed E-state index contributed by atoms with van der Waals surface area (Å²) < 4.78 is 0. The van der Waals surface area contributed by atoms with Gasteiger partial charge in [-0.15, -0.1) is 0 Å². The summed E-state index contributed by atoms with van der Waals surface area (Å²) in [4.78, 5) is 28.2. The minimum absolute atomic E-state index is 0.0618. The first-order valence-electron chi connectivity index (χ1n) is 9.46. The van der Waals surface area contributed by atoms with Gasteiger partial charge in [0.1, 0.15) is 0 Å². The highest BCUT2D eigenvalue weighted by molar-refractivity contribution is 6.35. The maximum atomic E-state index is 13.3. The van der Waals surface area contributed by atoms with Crippen molar-refractivity contribution in [2.24, 2.45) is 5.41 Å². The van der Waals surface area contributed by atoms with E-state index in [1.165, 1.54) is 0 Å². The fraction of sp³-hybridized carbons (Fsp3) is 0.304. The highest BCUT2D eigenvalue weighted by Crippen LogP contribution is 2.49. The predicted octanol–water partition coefficient (Wildman–Crippen LogP) is 6.81. The second-order valence-corrected chi connectivity index (χ2v) is 9.71. The van der Waals surface area contributed by atoms with E-state index in [4.69, 9.17) is 34.8 Å². The molecule has 1 aliphatic carbocycles. The lowest BCUT2D eigenvalue weighted by Gasteiger charge is -2.43. The number of carbonyl (C=O) groups is 2. The number of nitrogens with zero attached hydrogens (tertiary/aromatic N) is 1. The van der Waals surface area contributed by atoms with Gasteiger partial charge in [-0.3, -0.25) is 14.5 Å². The highest BCUT2D eigenvalue weighted by Gasteiger charge is 2.44. The molecule has 0 saturated carbocycles. The lowest BCUT2D eigenvalue weighted by molar-refractivity contribution is -0.121. The summed E-state index contributed by atoms with van der Waals surface area (Å²) in [5.74, 6) is -0.388. The molecule has 4 rings (SSSR count). The van der Waals surface area contributed by atoms with Gasteiger partial charge in [0.15, 0.2) is 5.78 Å². The third-order valence-electron chi connectivity index (χ3n) is 5.55. The number of allylic oxidation sites excluding steroid dienone is 2. The molecule has 2 aromatic carbocycles. The molecule has 0 bridgehead atoms. The molecule has 0 aromatic heterocycles. The first-order valence-corrected chi connectivity index (χ1v) is 10.6. The number of hydrogen-bond acceptors (Lipinski definition) is 2. The van der Waals surface area contributed by atoms with Crippen LogP contribution in [0.5, 0.6) is 0 Å². The Morgan fingerprint density at radius 3 is 2.38 bits per heavy atom. The van der Waals surface area contributed by atoms with E-state index in [2.05, 4.69) is 0 Å². The summed E-state index contributed by atoms with van der Waals surface area (Å²) >= 11 is 18.7. The van der Waals surface area contributed by atoms with Crippen LogP contribution in [0.2, 0.25) is 15.1 Å². The lowest BCUT2D eigenvalue weighted by atomic mass is 9.69. The summed E-state index contributed by atoms with van der Waals surface area (Å²) in [5.41, 5.74) is 2.63. The van der Waals surface area contributed by atoms with Gasteiger partial charge in [-0.1, -0.05) is 60.8 Å². The molecule has 1 unspecified atom stereocenters. The molecule has 0 fully saturated rings. The standard InChI is InChI=1S/C23H20Cl3NO2/c1-23(2)11-19-22(20(28)12-23)17(16-7-6-14(25)9-18(16)26)10-21(29)27(19)15-5-3-4-13(24)8-15/h3-9,17H,10-12H2,1-2H3. The maximum Gasteiger partial charge on any atom is 0.232 e. The van der Waals surface area contributed by atoms with E-state index in [-0.39, 0.29) is 29.4 Å². The van der Waals surface area contributed by atoms with Crippen LogP contribution >= 0.6 is 34.8 Å². The monoisotopic (exact) mass is 447 g/mol. The molecular formula is C23H20Cl3NO2. The summed E-state index contributed by atoms with van der Waals surface area (Å²) in [5, 5.41) is 1.53. The number of anilines is 1. The van der Waals surface area contributed by atoms with Crippen LogP contribution in [0.15, 0.2) is 53.7 Å². The van der Waals surface area contributed by atoms with E-state index in [0.29, 0.717) is 39.2 Å². The average molecular weight is 449 g/mol. The highest BCUT2D eigenvalue weighted by atomic mass is 35.5. The van der Waals surface area contributed by atoms with Crippen LogP contribution in [0.1, 0.15) is 44.6 Å². The number of rotatable bonds is 2. The zero-order chi connectivity index (χ0) is 20.9. The van der Waals surface area contributed by atoms with Gasteiger partial charge in [0.05, 0.1) is 5.69 Å². The Balaban J connectivity index is 1.92. The Labute approximate surface area is 185 Å². The quantitative estimate of drug-likeness (QED) is 0.506. The fourth-order valence-corrected chi connectivity index (χ4v) is 5.10. The molecule has 2 aliphatic rings.